The summed E-state index contributed by atoms with van der Waals surface area (Å²) >= 11 is 0. The number of fused-ring (bicyclic) bond motifs is 2. The summed E-state index contributed by atoms with van der Waals surface area (Å²) in [5.41, 5.74) is 3.15. The van der Waals surface area contributed by atoms with Crippen LogP contribution in [0.2, 0.25) is 0 Å². The minimum absolute atomic E-state index is 0.154. The molecule has 180 valence electrons. The molecule has 1 saturated carbocycles. The Kier molecular flexibility index (Phi) is 5.01. The highest BCUT2D eigenvalue weighted by molar-refractivity contribution is 5.94. The second kappa shape index (κ2) is 8.10. The number of rotatable bonds is 4. The molecule has 1 N–H and O–H groups in total. The minimum atomic E-state index is -2.73. The molecule has 2 aliphatic rings. The van der Waals surface area contributed by atoms with Crippen LogP contribution in [0.5, 0.6) is 0 Å². The van der Waals surface area contributed by atoms with E-state index in [0.717, 1.165) is 24.4 Å². The molecule has 0 atom stereocenters. The maximum Gasteiger partial charge on any atom is 0.317 e. The zero-order valence-corrected chi connectivity index (χ0v) is 19.4. The number of amides is 2. The molecular formula is C24H24F2N8O. The zero-order valence-electron chi connectivity index (χ0n) is 19.4. The normalized spacial score (nSPS) is 15.6. The van der Waals surface area contributed by atoms with E-state index in [4.69, 9.17) is 4.98 Å². The summed E-state index contributed by atoms with van der Waals surface area (Å²) in [6, 6.07) is 3.11. The Hall–Kier alpha value is -3.89. The van der Waals surface area contributed by atoms with E-state index in [1.54, 1.807) is 42.1 Å². The van der Waals surface area contributed by atoms with E-state index in [9.17, 15) is 13.6 Å². The molecule has 35 heavy (non-hydrogen) atoms. The number of pyridine rings is 2. The van der Waals surface area contributed by atoms with E-state index in [-0.39, 0.29) is 17.3 Å². The molecule has 6 rings (SSSR count). The van der Waals surface area contributed by atoms with Gasteiger partial charge in [-0.2, -0.15) is 5.10 Å². The fourth-order valence-electron chi connectivity index (χ4n) is 4.83. The molecule has 4 aromatic rings. The van der Waals surface area contributed by atoms with Gasteiger partial charge in [0, 0.05) is 67.6 Å². The van der Waals surface area contributed by atoms with Crippen LogP contribution in [0.25, 0.3) is 33.5 Å². The summed E-state index contributed by atoms with van der Waals surface area (Å²) in [5.74, 6) is 1.40. The fraction of sp³-hybridized carbons (Fsp3) is 0.375. The van der Waals surface area contributed by atoms with Crippen molar-refractivity contribution in [3.05, 3.63) is 47.8 Å². The summed E-state index contributed by atoms with van der Waals surface area (Å²) in [7, 11) is 3.34. The van der Waals surface area contributed by atoms with Gasteiger partial charge in [-0.25, -0.2) is 28.5 Å². The topological polar surface area (TPSA) is 93.8 Å². The highest BCUT2D eigenvalue weighted by atomic mass is 19.3. The highest BCUT2D eigenvalue weighted by Crippen LogP contribution is 2.43. The van der Waals surface area contributed by atoms with Crippen LogP contribution in [-0.2, 0) is 20.1 Å². The van der Waals surface area contributed by atoms with Crippen LogP contribution in [0.4, 0.5) is 13.6 Å². The van der Waals surface area contributed by atoms with Crippen molar-refractivity contribution in [2.24, 2.45) is 7.05 Å². The first-order chi connectivity index (χ1) is 16.9. The maximum atomic E-state index is 14.2. The number of hydrogen-bond acceptors (Lipinski definition) is 5. The van der Waals surface area contributed by atoms with E-state index in [2.05, 4.69) is 25.0 Å². The van der Waals surface area contributed by atoms with Crippen molar-refractivity contribution in [1.82, 2.24) is 39.5 Å². The monoisotopic (exact) mass is 478 g/mol. The molecule has 0 spiro atoms. The van der Waals surface area contributed by atoms with Crippen molar-refractivity contribution in [3.63, 3.8) is 0 Å². The second-order valence-electron chi connectivity index (χ2n) is 9.03. The number of carbonyl (C=O) groups excluding carboxylic acids is 1. The summed E-state index contributed by atoms with van der Waals surface area (Å²) in [6.07, 6.45) is 4.24. The number of urea groups is 1. The van der Waals surface area contributed by atoms with E-state index < -0.39 is 6.43 Å². The number of alkyl halides is 2. The molecule has 1 aliphatic carbocycles. The average molecular weight is 479 g/mol. The summed E-state index contributed by atoms with van der Waals surface area (Å²) in [6.45, 7) is 1.63. The van der Waals surface area contributed by atoms with Gasteiger partial charge in [-0.3, -0.25) is 4.68 Å². The lowest BCUT2D eigenvalue weighted by molar-refractivity contribution is 0.152. The molecule has 4 aromatic heterocycles. The lowest BCUT2D eigenvalue weighted by Crippen LogP contribution is -2.43. The molecule has 5 heterocycles. The van der Waals surface area contributed by atoms with Crippen LogP contribution in [0, 0.1) is 0 Å². The zero-order chi connectivity index (χ0) is 24.3. The van der Waals surface area contributed by atoms with Crippen molar-refractivity contribution >= 4 is 17.1 Å². The third-order valence-corrected chi connectivity index (χ3v) is 6.71. The van der Waals surface area contributed by atoms with Gasteiger partial charge in [0.2, 0.25) is 0 Å². The van der Waals surface area contributed by atoms with Crippen LogP contribution in [0.1, 0.15) is 42.3 Å². The number of aryl methyl sites for hydroxylation is 1. The molecule has 0 unspecified atom stereocenters. The van der Waals surface area contributed by atoms with Crippen LogP contribution >= 0.6 is 0 Å². The molecule has 11 heteroatoms. The molecule has 1 aliphatic heterocycles. The molecule has 2 amide bonds. The third-order valence-electron chi connectivity index (χ3n) is 6.71. The van der Waals surface area contributed by atoms with Gasteiger partial charge in [0.25, 0.3) is 6.43 Å². The number of halogens is 2. The van der Waals surface area contributed by atoms with Crippen LogP contribution in [-0.4, -0.2) is 53.8 Å². The van der Waals surface area contributed by atoms with Crippen molar-refractivity contribution in [1.29, 1.82) is 0 Å². The number of nitrogens with zero attached hydrogens (tertiary/aromatic N) is 7. The first-order valence-electron chi connectivity index (χ1n) is 11.6. The Morgan fingerprint density at radius 3 is 2.71 bits per heavy atom. The van der Waals surface area contributed by atoms with Gasteiger partial charge in [0.1, 0.15) is 5.82 Å². The van der Waals surface area contributed by atoms with Gasteiger partial charge < -0.3 is 14.8 Å². The molecule has 0 saturated heterocycles. The Morgan fingerprint density at radius 2 is 2.03 bits per heavy atom. The fourth-order valence-corrected chi connectivity index (χ4v) is 4.83. The largest absolute Gasteiger partial charge is 0.341 e. The van der Waals surface area contributed by atoms with Crippen molar-refractivity contribution < 1.29 is 13.6 Å². The third kappa shape index (κ3) is 3.62. The Labute approximate surface area is 199 Å². The molecule has 1 fully saturated rings. The predicted molar refractivity (Wildman–Crippen MR) is 125 cm³/mol. The van der Waals surface area contributed by atoms with Gasteiger partial charge in [-0.1, -0.05) is 0 Å². The number of nitrogens with one attached hydrogen (secondary N) is 1. The SMILES string of the molecule is CNC(=O)N1CCn2c(C3CC3)nc(-c3ccnc4nc(-c5cnn(C)c5)c(C(F)F)cc34)c2C1. The second-order valence-corrected chi connectivity index (χ2v) is 9.03. The molecule has 0 aromatic carbocycles. The van der Waals surface area contributed by atoms with E-state index >= 15 is 0 Å². The highest BCUT2D eigenvalue weighted by Gasteiger charge is 2.35. The van der Waals surface area contributed by atoms with E-state index in [1.807, 2.05) is 0 Å². The molecule has 0 radical (unpaired) electrons. The smallest absolute Gasteiger partial charge is 0.317 e. The molecular weight excluding hydrogens is 454 g/mol. The average Bonchev–Trinajstić information content (AvgIpc) is 3.51. The maximum absolute atomic E-state index is 14.2. The minimum Gasteiger partial charge on any atom is -0.341 e. The number of aromatic nitrogens is 6. The number of hydrogen-bond donors (Lipinski definition) is 1. The van der Waals surface area contributed by atoms with Crippen molar-refractivity contribution in [2.45, 2.75) is 38.3 Å². The van der Waals surface area contributed by atoms with Crippen LogP contribution in [0.3, 0.4) is 0 Å². The predicted octanol–water partition coefficient (Wildman–Crippen LogP) is 3.86. The van der Waals surface area contributed by atoms with E-state index in [0.29, 0.717) is 53.4 Å². The summed E-state index contributed by atoms with van der Waals surface area (Å²) in [5, 5.41) is 7.30. The Balaban J connectivity index is 1.54. The molecule has 9 nitrogen and oxygen atoms in total. The quantitative estimate of drug-likeness (QED) is 0.481. The van der Waals surface area contributed by atoms with Gasteiger partial charge in [0.15, 0.2) is 5.65 Å². The molecule has 0 bridgehead atoms. The number of imidazole rings is 1. The lowest BCUT2D eigenvalue weighted by atomic mass is 10.0. The van der Waals surface area contributed by atoms with Crippen LogP contribution < -0.4 is 5.32 Å². The summed E-state index contributed by atoms with van der Waals surface area (Å²) < 4.78 is 32.1. The van der Waals surface area contributed by atoms with Gasteiger partial charge in [0.05, 0.1) is 29.8 Å². The first-order valence-corrected chi connectivity index (χ1v) is 11.6. The first kappa shape index (κ1) is 21.6. The van der Waals surface area contributed by atoms with Crippen LogP contribution in [0.15, 0.2) is 30.7 Å². The van der Waals surface area contributed by atoms with Crippen molar-refractivity contribution in [3.8, 4) is 22.5 Å². The van der Waals surface area contributed by atoms with Gasteiger partial charge >= 0.3 is 6.03 Å². The van der Waals surface area contributed by atoms with Crippen molar-refractivity contribution in [2.75, 3.05) is 13.6 Å². The van der Waals surface area contributed by atoms with E-state index in [1.165, 1.54) is 12.3 Å². The Bertz CT molecular complexity index is 1460. The number of carbonyl (C=O) groups is 1. The van der Waals surface area contributed by atoms with Gasteiger partial charge in [-0.05, 0) is 25.0 Å². The standard InChI is InChI=1S/C24H24F2N8O/c1-27-24(35)33-7-8-34-18(12-33)20(31-23(34)13-3-4-13)15-5-6-28-22-16(15)9-17(21(25)26)19(30-22)14-10-29-32(2)11-14/h5-6,9-11,13,21H,3-4,7-8,12H2,1-2H3,(H,27,35). The van der Waals surface area contributed by atoms with Gasteiger partial charge in [-0.15, -0.1) is 0 Å². The Morgan fingerprint density at radius 1 is 1.20 bits per heavy atom. The lowest BCUT2D eigenvalue weighted by Gasteiger charge is -2.29. The summed E-state index contributed by atoms with van der Waals surface area (Å²) in [4.78, 5) is 28.0.